The zero-order valence-electron chi connectivity index (χ0n) is 9.39. The highest BCUT2D eigenvalue weighted by Crippen LogP contribution is 2.26. The van der Waals surface area contributed by atoms with Crippen LogP contribution < -0.4 is 4.74 Å². The highest BCUT2D eigenvalue weighted by atomic mass is 16.6. The molecule has 2 rings (SSSR count). The lowest BCUT2D eigenvalue weighted by molar-refractivity contribution is -0.385. The molecule has 96 valence electrons. The summed E-state index contributed by atoms with van der Waals surface area (Å²) in [7, 11) is 0. The third-order valence-electron chi connectivity index (χ3n) is 2.17. The molecule has 0 saturated heterocycles. The van der Waals surface area contributed by atoms with E-state index in [1.54, 1.807) is 0 Å². The molecule has 0 bridgehead atoms. The lowest BCUT2D eigenvalue weighted by atomic mass is 10.1. The smallest absolute Gasteiger partial charge is 0.342 e. The second-order valence-electron chi connectivity index (χ2n) is 3.39. The summed E-state index contributed by atoms with van der Waals surface area (Å²) in [5.74, 6) is -1.05. The molecule has 0 amide bonds. The first-order chi connectivity index (χ1) is 9.08. The van der Waals surface area contributed by atoms with Crippen LogP contribution in [0.5, 0.6) is 11.6 Å². The van der Waals surface area contributed by atoms with E-state index < -0.39 is 22.1 Å². The van der Waals surface area contributed by atoms with Crippen molar-refractivity contribution in [2.75, 3.05) is 0 Å². The van der Waals surface area contributed by atoms with Gasteiger partial charge in [0.15, 0.2) is 0 Å². The third kappa shape index (κ3) is 2.80. The van der Waals surface area contributed by atoms with Crippen molar-refractivity contribution in [2.45, 2.75) is 0 Å². The number of rotatable bonds is 4. The monoisotopic (exact) mass is 261 g/mol. The minimum Gasteiger partial charge on any atom is -0.477 e. The van der Waals surface area contributed by atoms with E-state index in [2.05, 4.69) is 9.97 Å². The van der Waals surface area contributed by atoms with Crippen LogP contribution >= 0.6 is 0 Å². The van der Waals surface area contributed by atoms with Crippen molar-refractivity contribution in [3.8, 4) is 11.6 Å². The number of benzene rings is 1. The summed E-state index contributed by atoms with van der Waals surface area (Å²) in [4.78, 5) is 28.3. The lowest BCUT2D eigenvalue weighted by Crippen LogP contribution is -2.03. The summed E-state index contributed by atoms with van der Waals surface area (Å²) in [6, 6.07) is 4.91. The maximum absolute atomic E-state index is 10.9. The molecule has 0 fully saturated rings. The first-order valence-electron chi connectivity index (χ1n) is 5.03. The summed E-state index contributed by atoms with van der Waals surface area (Å²) in [5.41, 5.74) is -0.945. The quantitative estimate of drug-likeness (QED) is 0.659. The van der Waals surface area contributed by atoms with Crippen LogP contribution in [-0.4, -0.2) is 26.0 Å². The van der Waals surface area contributed by atoms with Crippen LogP contribution in [0.2, 0.25) is 0 Å². The Morgan fingerprint density at radius 2 is 2.16 bits per heavy atom. The van der Waals surface area contributed by atoms with E-state index >= 15 is 0 Å². The van der Waals surface area contributed by atoms with Gasteiger partial charge in [0.25, 0.3) is 5.69 Å². The second kappa shape index (κ2) is 5.08. The largest absolute Gasteiger partial charge is 0.477 e. The Bertz CT molecular complexity index is 629. The Morgan fingerprint density at radius 1 is 1.37 bits per heavy atom. The van der Waals surface area contributed by atoms with E-state index in [1.807, 2.05) is 0 Å². The summed E-state index contributed by atoms with van der Waals surface area (Å²) in [5, 5.41) is 19.6. The maximum Gasteiger partial charge on any atom is 0.342 e. The fourth-order valence-electron chi connectivity index (χ4n) is 1.37. The number of aromatic carboxylic acids is 1. The van der Waals surface area contributed by atoms with E-state index in [9.17, 15) is 14.9 Å². The van der Waals surface area contributed by atoms with Gasteiger partial charge in [0.05, 0.1) is 4.92 Å². The van der Waals surface area contributed by atoms with Gasteiger partial charge in [0, 0.05) is 24.4 Å². The Balaban J connectivity index is 2.36. The van der Waals surface area contributed by atoms with E-state index in [-0.39, 0.29) is 11.6 Å². The first-order valence-corrected chi connectivity index (χ1v) is 5.03. The van der Waals surface area contributed by atoms with E-state index in [0.717, 1.165) is 12.1 Å². The average molecular weight is 261 g/mol. The van der Waals surface area contributed by atoms with Crippen molar-refractivity contribution >= 4 is 11.7 Å². The molecule has 0 radical (unpaired) electrons. The summed E-state index contributed by atoms with van der Waals surface area (Å²) < 4.78 is 5.27. The Hall–Kier alpha value is -3.03. The van der Waals surface area contributed by atoms with Gasteiger partial charge in [-0.1, -0.05) is 0 Å². The van der Waals surface area contributed by atoms with Crippen LogP contribution in [0.15, 0.2) is 36.8 Å². The van der Waals surface area contributed by atoms with Gasteiger partial charge in [-0.15, -0.1) is 0 Å². The minimum absolute atomic E-state index is 0.140. The number of carboxylic acid groups (broad SMARTS) is 1. The Morgan fingerprint density at radius 3 is 2.74 bits per heavy atom. The molecule has 8 heteroatoms. The van der Waals surface area contributed by atoms with Crippen LogP contribution in [0.1, 0.15) is 10.4 Å². The molecule has 0 unspecified atom stereocenters. The van der Waals surface area contributed by atoms with Gasteiger partial charge in [-0.3, -0.25) is 10.1 Å². The maximum atomic E-state index is 10.9. The normalized spacial score (nSPS) is 9.89. The third-order valence-corrected chi connectivity index (χ3v) is 2.17. The van der Waals surface area contributed by atoms with Crippen molar-refractivity contribution in [2.24, 2.45) is 0 Å². The first kappa shape index (κ1) is 12.4. The molecule has 0 aliphatic heterocycles. The molecule has 0 atom stereocenters. The molecular formula is C11H7N3O5. The molecule has 1 N–H and O–H groups in total. The highest BCUT2D eigenvalue weighted by molar-refractivity contribution is 5.92. The lowest BCUT2D eigenvalue weighted by Gasteiger charge is -2.05. The van der Waals surface area contributed by atoms with Gasteiger partial charge in [0.1, 0.15) is 17.6 Å². The number of hydrogen-bond donors (Lipinski definition) is 1. The molecule has 0 spiro atoms. The van der Waals surface area contributed by atoms with Crippen molar-refractivity contribution in [3.05, 3.63) is 52.5 Å². The van der Waals surface area contributed by atoms with Crippen LogP contribution in [0, 0.1) is 10.1 Å². The van der Waals surface area contributed by atoms with Crippen molar-refractivity contribution in [1.29, 1.82) is 0 Å². The molecule has 1 heterocycles. The fraction of sp³-hybridized carbons (Fsp3) is 0. The van der Waals surface area contributed by atoms with E-state index in [4.69, 9.17) is 9.84 Å². The SMILES string of the molecule is O=C(O)c1cc(Oc2ccncn2)ccc1[N+](=O)[O-]. The molecule has 1 aromatic heterocycles. The predicted molar refractivity (Wildman–Crippen MR) is 62.2 cm³/mol. The number of nitro groups is 1. The molecule has 8 nitrogen and oxygen atoms in total. The van der Waals surface area contributed by atoms with Crippen molar-refractivity contribution < 1.29 is 19.6 Å². The molecule has 0 saturated carbocycles. The Labute approximate surface area is 106 Å². The molecule has 0 aliphatic carbocycles. The topological polar surface area (TPSA) is 115 Å². The van der Waals surface area contributed by atoms with Gasteiger partial charge in [-0.25, -0.2) is 14.8 Å². The predicted octanol–water partition coefficient (Wildman–Crippen LogP) is 1.88. The number of aromatic nitrogens is 2. The van der Waals surface area contributed by atoms with Crippen LogP contribution in [-0.2, 0) is 0 Å². The summed E-state index contributed by atoms with van der Waals surface area (Å²) in [6.07, 6.45) is 2.71. The van der Waals surface area contributed by atoms with E-state index in [0.29, 0.717) is 0 Å². The van der Waals surface area contributed by atoms with Crippen LogP contribution in [0.4, 0.5) is 5.69 Å². The van der Waals surface area contributed by atoms with Gasteiger partial charge in [-0.2, -0.15) is 0 Å². The number of nitrogens with zero attached hydrogens (tertiary/aromatic N) is 3. The minimum atomic E-state index is -1.40. The zero-order chi connectivity index (χ0) is 13.8. The second-order valence-corrected chi connectivity index (χ2v) is 3.39. The number of carboxylic acids is 1. The molecule has 1 aromatic carbocycles. The number of nitro benzene ring substituents is 1. The highest BCUT2D eigenvalue weighted by Gasteiger charge is 2.20. The van der Waals surface area contributed by atoms with Gasteiger partial charge in [-0.05, 0) is 6.07 Å². The van der Waals surface area contributed by atoms with E-state index in [1.165, 1.54) is 24.7 Å². The number of ether oxygens (including phenoxy) is 1. The Kier molecular flexibility index (Phi) is 3.33. The standard InChI is InChI=1S/C11H7N3O5/c15-11(16)8-5-7(1-2-9(8)14(17)18)19-10-3-4-12-6-13-10/h1-6H,(H,15,16). The van der Waals surface area contributed by atoms with Crippen molar-refractivity contribution in [1.82, 2.24) is 9.97 Å². The average Bonchev–Trinajstić information content (AvgIpc) is 2.39. The molecule has 0 aliphatic rings. The number of carbonyl (C=O) groups is 1. The van der Waals surface area contributed by atoms with Crippen molar-refractivity contribution in [3.63, 3.8) is 0 Å². The van der Waals surface area contributed by atoms with Gasteiger partial charge in [0.2, 0.25) is 5.88 Å². The molecular weight excluding hydrogens is 254 g/mol. The summed E-state index contributed by atoms with van der Waals surface area (Å²) in [6.45, 7) is 0. The number of hydrogen-bond acceptors (Lipinski definition) is 6. The summed E-state index contributed by atoms with van der Waals surface area (Å²) >= 11 is 0. The fourth-order valence-corrected chi connectivity index (χ4v) is 1.37. The molecule has 2 aromatic rings. The molecule has 19 heavy (non-hydrogen) atoms. The zero-order valence-corrected chi connectivity index (χ0v) is 9.39. The van der Waals surface area contributed by atoms with Crippen LogP contribution in [0.25, 0.3) is 0 Å². The van der Waals surface area contributed by atoms with Crippen LogP contribution in [0.3, 0.4) is 0 Å². The van der Waals surface area contributed by atoms with Gasteiger partial charge < -0.3 is 9.84 Å². The van der Waals surface area contributed by atoms with Gasteiger partial charge >= 0.3 is 5.97 Å².